The van der Waals surface area contributed by atoms with Crippen LogP contribution in [0.5, 0.6) is 0 Å². The summed E-state index contributed by atoms with van der Waals surface area (Å²) in [6, 6.07) is 7.67. The Bertz CT molecular complexity index is 574. The molecule has 2 aromatic rings. The number of halogens is 1. The minimum Gasteiger partial charge on any atom is -0.388 e. The van der Waals surface area contributed by atoms with Crippen LogP contribution in [0.1, 0.15) is 24.5 Å². The normalized spacial score (nSPS) is 12.3. The molecule has 0 spiro atoms. The summed E-state index contributed by atoms with van der Waals surface area (Å²) in [6.07, 6.45) is 7.50. The number of nitrogens with zero attached hydrogens (tertiary/aromatic N) is 1. The van der Waals surface area contributed by atoms with Gasteiger partial charge >= 0.3 is 0 Å². The lowest BCUT2D eigenvalue weighted by molar-refractivity contribution is 0.171. The highest BCUT2D eigenvalue weighted by molar-refractivity contribution is 9.10. The molecule has 1 heterocycles. The maximum Gasteiger partial charge on any atom is 0.0820 e. The number of pyridine rings is 1. The van der Waals surface area contributed by atoms with Crippen molar-refractivity contribution < 1.29 is 5.11 Å². The van der Waals surface area contributed by atoms with Gasteiger partial charge in [-0.05, 0) is 18.6 Å². The van der Waals surface area contributed by atoms with Crippen LogP contribution in [0.25, 0.3) is 10.9 Å². The predicted molar refractivity (Wildman–Crippen MR) is 72.5 cm³/mol. The van der Waals surface area contributed by atoms with E-state index in [1.807, 2.05) is 24.3 Å². The van der Waals surface area contributed by atoms with Crippen molar-refractivity contribution in [2.24, 2.45) is 0 Å². The fraction of sp³-hybridized carbons (Fsp3) is 0.214. The molecule has 0 saturated carbocycles. The zero-order valence-corrected chi connectivity index (χ0v) is 10.8. The molecule has 0 aliphatic heterocycles. The molecule has 0 aliphatic carbocycles. The Morgan fingerprint density at radius 1 is 1.41 bits per heavy atom. The summed E-state index contributed by atoms with van der Waals surface area (Å²) in [5.74, 6) is 2.54. The molecule has 1 atom stereocenters. The second kappa shape index (κ2) is 5.31. The molecular formula is C14H12BrNO. The van der Waals surface area contributed by atoms with Gasteiger partial charge in [-0.3, -0.25) is 4.98 Å². The molecule has 0 fully saturated rings. The first-order valence-electron chi connectivity index (χ1n) is 5.38. The molecule has 1 unspecified atom stereocenters. The molecule has 0 saturated heterocycles. The third-order valence-electron chi connectivity index (χ3n) is 2.67. The van der Waals surface area contributed by atoms with Gasteiger partial charge < -0.3 is 5.11 Å². The van der Waals surface area contributed by atoms with E-state index in [4.69, 9.17) is 6.42 Å². The maximum atomic E-state index is 10.1. The van der Waals surface area contributed by atoms with Gasteiger partial charge in [0.15, 0.2) is 0 Å². The van der Waals surface area contributed by atoms with E-state index in [9.17, 15) is 5.11 Å². The Labute approximate surface area is 109 Å². The lowest BCUT2D eigenvalue weighted by atomic mass is 10.0. The van der Waals surface area contributed by atoms with Crippen LogP contribution in [-0.2, 0) is 0 Å². The number of hydrogen-bond acceptors (Lipinski definition) is 2. The van der Waals surface area contributed by atoms with Crippen LogP contribution in [0.4, 0.5) is 0 Å². The van der Waals surface area contributed by atoms with Crippen molar-refractivity contribution in [2.75, 3.05) is 0 Å². The number of aliphatic hydroxyl groups excluding tert-OH is 1. The highest BCUT2D eigenvalue weighted by Crippen LogP contribution is 2.30. The molecule has 3 heteroatoms. The smallest absolute Gasteiger partial charge is 0.0820 e. The van der Waals surface area contributed by atoms with Crippen LogP contribution < -0.4 is 0 Å². The summed E-state index contributed by atoms with van der Waals surface area (Å²) in [4.78, 5) is 4.33. The summed E-state index contributed by atoms with van der Waals surface area (Å²) in [5, 5.41) is 11.1. The van der Waals surface area contributed by atoms with Gasteiger partial charge in [-0.2, -0.15) is 0 Å². The molecule has 2 nitrogen and oxygen atoms in total. The molecular weight excluding hydrogens is 278 g/mol. The molecule has 0 bridgehead atoms. The molecule has 0 radical (unpaired) electrons. The Hall–Kier alpha value is -1.37. The summed E-state index contributed by atoms with van der Waals surface area (Å²) in [6.45, 7) is 0. The van der Waals surface area contributed by atoms with Crippen LogP contribution in [0.3, 0.4) is 0 Å². The number of rotatable bonds is 3. The fourth-order valence-electron chi connectivity index (χ4n) is 1.80. The van der Waals surface area contributed by atoms with Crippen LogP contribution in [-0.4, -0.2) is 10.1 Å². The van der Waals surface area contributed by atoms with E-state index in [1.165, 1.54) is 0 Å². The highest BCUT2D eigenvalue weighted by Gasteiger charge is 2.12. The highest BCUT2D eigenvalue weighted by atomic mass is 79.9. The summed E-state index contributed by atoms with van der Waals surface area (Å²) in [7, 11) is 0. The van der Waals surface area contributed by atoms with Gasteiger partial charge in [-0.25, -0.2) is 0 Å². The van der Waals surface area contributed by atoms with Crippen molar-refractivity contribution >= 4 is 26.8 Å². The molecule has 0 aliphatic rings. The number of aromatic nitrogens is 1. The van der Waals surface area contributed by atoms with Gasteiger partial charge in [0.05, 0.1) is 11.6 Å². The largest absolute Gasteiger partial charge is 0.388 e. The SMILES string of the molecule is C#CCCC(O)c1ccc(Br)c2cccnc12. The maximum absolute atomic E-state index is 10.1. The average Bonchev–Trinajstić information content (AvgIpc) is 2.37. The van der Waals surface area contributed by atoms with Crippen molar-refractivity contribution in [1.82, 2.24) is 4.98 Å². The van der Waals surface area contributed by atoms with E-state index in [0.717, 1.165) is 20.9 Å². The topological polar surface area (TPSA) is 33.1 Å². The Balaban J connectivity index is 2.48. The van der Waals surface area contributed by atoms with Gasteiger partial charge in [-0.1, -0.05) is 28.1 Å². The van der Waals surface area contributed by atoms with E-state index >= 15 is 0 Å². The summed E-state index contributed by atoms with van der Waals surface area (Å²) >= 11 is 3.48. The third-order valence-corrected chi connectivity index (χ3v) is 3.36. The Kier molecular flexibility index (Phi) is 3.78. The Morgan fingerprint density at radius 2 is 2.24 bits per heavy atom. The average molecular weight is 290 g/mol. The number of aliphatic hydroxyl groups is 1. The second-order valence-electron chi connectivity index (χ2n) is 3.79. The molecule has 1 aromatic carbocycles. The van der Waals surface area contributed by atoms with Crippen molar-refractivity contribution in [3.05, 3.63) is 40.5 Å². The summed E-state index contributed by atoms with van der Waals surface area (Å²) in [5.41, 5.74) is 1.66. The minimum atomic E-state index is -0.559. The van der Waals surface area contributed by atoms with Crippen LogP contribution in [0.2, 0.25) is 0 Å². The van der Waals surface area contributed by atoms with Crippen LogP contribution >= 0.6 is 15.9 Å². The van der Waals surface area contributed by atoms with Gasteiger partial charge in [0.1, 0.15) is 0 Å². The second-order valence-corrected chi connectivity index (χ2v) is 4.65. The zero-order valence-electron chi connectivity index (χ0n) is 9.23. The first-order valence-corrected chi connectivity index (χ1v) is 6.18. The number of hydrogen-bond donors (Lipinski definition) is 1. The first-order chi connectivity index (χ1) is 8.24. The molecule has 1 aromatic heterocycles. The molecule has 86 valence electrons. The van der Waals surface area contributed by atoms with Crippen molar-refractivity contribution in [1.29, 1.82) is 0 Å². The number of terminal acetylenes is 1. The lowest BCUT2D eigenvalue weighted by Crippen LogP contribution is -1.99. The summed E-state index contributed by atoms with van der Waals surface area (Å²) < 4.78 is 0.980. The monoisotopic (exact) mass is 289 g/mol. The first kappa shape index (κ1) is 12.1. The van der Waals surface area contributed by atoms with Gasteiger partial charge in [-0.15, -0.1) is 12.3 Å². The lowest BCUT2D eigenvalue weighted by Gasteiger charge is -2.12. The Morgan fingerprint density at radius 3 is 3.00 bits per heavy atom. The standard InChI is InChI=1S/C14H12BrNO/c1-2-3-6-13(17)11-7-8-12(15)10-5-4-9-16-14(10)11/h1,4-5,7-9,13,17H,3,6H2. The van der Waals surface area contributed by atoms with Gasteiger partial charge in [0.2, 0.25) is 0 Å². The van der Waals surface area contributed by atoms with Crippen LogP contribution in [0.15, 0.2) is 34.9 Å². The third kappa shape index (κ3) is 2.49. The van der Waals surface area contributed by atoms with Gasteiger partial charge in [0, 0.05) is 28.0 Å². The number of benzene rings is 1. The van der Waals surface area contributed by atoms with E-state index in [2.05, 4.69) is 26.8 Å². The van der Waals surface area contributed by atoms with Crippen LogP contribution in [0, 0.1) is 12.3 Å². The van der Waals surface area contributed by atoms with Gasteiger partial charge in [0.25, 0.3) is 0 Å². The van der Waals surface area contributed by atoms with E-state index in [-0.39, 0.29) is 0 Å². The number of fused-ring (bicyclic) bond motifs is 1. The predicted octanol–water partition coefficient (Wildman–Crippen LogP) is 3.44. The minimum absolute atomic E-state index is 0.559. The quantitative estimate of drug-likeness (QED) is 0.878. The van der Waals surface area contributed by atoms with Crippen molar-refractivity contribution in [3.63, 3.8) is 0 Å². The fourth-order valence-corrected chi connectivity index (χ4v) is 2.26. The molecule has 1 N–H and O–H groups in total. The molecule has 0 amide bonds. The van der Waals surface area contributed by atoms with Crippen molar-refractivity contribution in [2.45, 2.75) is 18.9 Å². The van der Waals surface area contributed by atoms with E-state index < -0.39 is 6.10 Å². The zero-order chi connectivity index (χ0) is 12.3. The van der Waals surface area contributed by atoms with E-state index in [1.54, 1.807) is 6.20 Å². The molecule has 2 rings (SSSR count). The van der Waals surface area contributed by atoms with E-state index in [0.29, 0.717) is 12.8 Å². The van der Waals surface area contributed by atoms with Crippen molar-refractivity contribution in [3.8, 4) is 12.3 Å². The molecule has 17 heavy (non-hydrogen) atoms.